The summed E-state index contributed by atoms with van der Waals surface area (Å²) in [5.41, 5.74) is 0.180. The highest BCUT2D eigenvalue weighted by molar-refractivity contribution is 7.09. The Bertz CT molecular complexity index is 327. The van der Waals surface area contributed by atoms with Crippen molar-refractivity contribution >= 4 is 11.3 Å². The molecule has 1 aromatic heterocycles. The Kier molecular flexibility index (Phi) is 2.96. The molecule has 0 amide bonds. The van der Waals surface area contributed by atoms with Crippen LogP contribution >= 0.6 is 11.3 Å². The quantitative estimate of drug-likeness (QED) is 0.757. The molecule has 0 aromatic carbocycles. The van der Waals surface area contributed by atoms with Gasteiger partial charge in [-0.25, -0.2) is 0 Å². The molecule has 0 aliphatic heterocycles. The number of nitrogens with zero attached hydrogens (tertiary/aromatic N) is 1. The van der Waals surface area contributed by atoms with Crippen molar-refractivity contribution in [1.82, 2.24) is 4.57 Å². The van der Waals surface area contributed by atoms with E-state index in [2.05, 4.69) is 33.9 Å². The van der Waals surface area contributed by atoms with E-state index in [0.29, 0.717) is 4.80 Å². The lowest BCUT2D eigenvalue weighted by Crippen LogP contribution is -2.11. The Morgan fingerprint density at radius 3 is 2.46 bits per heavy atom. The van der Waals surface area contributed by atoms with Crippen LogP contribution < -0.4 is 4.80 Å². The van der Waals surface area contributed by atoms with Crippen LogP contribution in [0.15, 0.2) is 6.20 Å². The fourth-order valence-electron chi connectivity index (χ4n) is 1.14. The Morgan fingerprint density at radius 1 is 1.46 bits per heavy atom. The average molecular weight is 198 g/mol. The molecule has 1 aromatic rings. The van der Waals surface area contributed by atoms with Crippen molar-refractivity contribution in [3.63, 3.8) is 0 Å². The lowest BCUT2D eigenvalue weighted by atomic mass is 9.95. The monoisotopic (exact) mass is 198 g/mol. The standard InChI is InChI=1S/C10H18N2S/c1-5-6-12-7-8(10(2,3)4)13-9(12)11/h7,11H,5-6H2,1-4H3. The van der Waals surface area contributed by atoms with Crippen LogP contribution in [0.4, 0.5) is 0 Å². The molecule has 0 saturated carbocycles. The molecule has 0 spiro atoms. The predicted molar refractivity (Wildman–Crippen MR) is 57.2 cm³/mol. The molecule has 2 nitrogen and oxygen atoms in total. The van der Waals surface area contributed by atoms with E-state index in [1.54, 1.807) is 11.3 Å². The van der Waals surface area contributed by atoms with Crippen molar-refractivity contribution in [2.75, 3.05) is 0 Å². The number of thiazole rings is 1. The van der Waals surface area contributed by atoms with Crippen molar-refractivity contribution in [2.24, 2.45) is 0 Å². The van der Waals surface area contributed by atoms with E-state index in [1.807, 2.05) is 4.57 Å². The smallest absolute Gasteiger partial charge is 0.182 e. The summed E-state index contributed by atoms with van der Waals surface area (Å²) in [6.45, 7) is 9.67. The van der Waals surface area contributed by atoms with Gasteiger partial charge in [0.1, 0.15) is 0 Å². The lowest BCUT2D eigenvalue weighted by Gasteiger charge is -2.14. The summed E-state index contributed by atoms with van der Waals surface area (Å²) in [7, 11) is 0. The highest BCUT2D eigenvalue weighted by Crippen LogP contribution is 2.24. The molecule has 0 unspecified atom stereocenters. The molecular weight excluding hydrogens is 180 g/mol. The van der Waals surface area contributed by atoms with Gasteiger partial charge in [-0.05, 0) is 11.8 Å². The molecule has 0 fully saturated rings. The molecule has 0 radical (unpaired) electrons. The summed E-state index contributed by atoms with van der Waals surface area (Å²) in [4.78, 5) is 1.97. The predicted octanol–water partition coefficient (Wildman–Crippen LogP) is 2.74. The summed E-state index contributed by atoms with van der Waals surface area (Å²) in [5.74, 6) is 0. The van der Waals surface area contributed by atoms with E-state index in [0.717, 1.165) is 13.0 Å². The third kappa shape index (κ3) is 2.44. The molecule has 1 rings (SSSR count). The van der Waals surface area contributed by atoms with Crippen molar-refractivity contribution < 1.29 is 0 Å². The minimum absolute atomic E-state index is 0.180. The molecule has 1 heterocycles. The number of nitrogens with one attached hydrogen (secondary N) is 1. The fraction of sp³-hybridized carbons (Fsp3) is 0.700. The van der Waals surface area contributed by atoms with Crippen LogP contribution in [0.25, 0.3) is 0 Å². The molecule has 3 heteroatoms. The Hall–Kier alpha value is -0.570. The lowest BCUT2D eigenvalue weighted by molar-refractivity contribution is 0.589. The van der Waals surface area contributed by atoms with Gasteiger partial charge in [0.05, 0.1) is 0 Å². The largest absolute Gasteiger partial charge is 0.324 e. The molecule has 1 N–H and O–H groups in total. The van der Waals surface area contributed by atoms with Crippen molar-refractivity contribution in [3.05, 3.63) is 15.9 Å². The van der Waals surface area contributed by atoms with E-state index < -0.39 is 0 Å². The van der Waals surface area contributed by atoms with E-state index in [4.69, 9.17) is 5.41 Å². The molecule has 13 heavy (non-hydrogen) atoms. The highest BCUT2D eigenvalue weighted by Gasteiger charge is 2.16. The second kappa shape index (κ2) is 3.66. The SMILES string of the molecule is CCCn1cc(C(C)(C)C)sc1=N. The van der Waals surface area contributed by atoms with Crippen LogP contribution in [0.5, 0.6) is 0 Å². The zero-order valence-corrected chi connectivity index (χ0v) is 9.66. The van der Waals surface area contributed by atoms with Crippen molar-refractivity contribution in [3.8, 4) is 0 Å². The first-order valence-electron chi connectivity index (χ1n) is 4.70. The second-order valence-electron chi connectivity index (χ2n) is 4.34. The maximum Gasteiger partial charge on any atom is 0.182 e. The van der Waals surface area contributed by atoms with Gasteiger partial charge in [-0.15, -0.1) is 11.3 Å². The molecule has 0 atom stereocenters. The first-order chi connectivity index (χ1) is 5.95. The van der Waals surface area contributed by atoms with Gasteiger partial charge in [-0.1, -0.05) is 27.7 Å². The van der Waals surface area contributed by atoms with Crippen LogP contribution in [-0.2, 0) is 12.0 Å². The van der Waals surface area contributed by atoms with E-state index in [9.17, 15) is 0 Å². The zero-order valence-electron chi connectivity index (χ0n) is 8.85. The summed E-state index contributed by atoms with van der Waals surface area (Å²) in [5, 5.41) is 7.76. The molecule has 0 aliphatic carbocycles. The number of rotatable bonds is 2. The zero-order chi connectivity index (χ0) is 10.1. The van der Waals surface area contributed by atoms with E-state index in [1.165, 1.54) is 4.88 Å². The number of aromatic nitrogens is 1. The van der Waals surface area contributed by atoms with Gasteiger partial charge in [-0.3, -0.25) is 5.41 Å². The second-order valence-corrected chi connectivity index (χ2v) is 5.37. The molecule has 0 bridgehead atoms. The van der Waals surface area contributed by atoms with Crippen molar-refractivity contribution in [2.45, 2.75) is 46.1 Å². The van der Waals surface area contributed by atoms with Gasteiger partial charge in [0.15, 0.2) is 4.80 Å². The summed E-state index contributed by atoms with van der Waals surface area (Å²) in [6, 6.07) is 0. The summed E-state index contributed by atoms with van der Waals surface area (Å²) < 4.78 is 2.03. The Labute approximate surface area is 83.7 Å². The van der Waals surface area contributed by atoms with Crippen LogP contribution in [0, 0.1) is 5.41 Å². The van der Waals surface area contributed by atoms with Crippen molar-refractivity contribution in [1.29, 1.82) is 5.41 Å². The van der Waals surface area contributed by atoms with Crippen LogP contribution in [0.3, 0.4) is 0 Å². The minimum Gasteiger partial charge on any atom is -0.324 e. The number of aryl methyl sites for hydroxylation is 1. The van der Waals surface area contributed by atoms with E-state index in [-0.39, 0.29) is 5.41 Å². The molecule has 0 aliphatic rings. The third-order valence-corrected chi connectivity index (χ3v) is 3.31. The normalized spacial score (nSPS) is 12.0. The van der Waals surface area contributed by atoms with Gasteiger partial charge >= 0.3 is 0 Å². The van der Waals surface area contributed by atoms with Crippen LogP contribution in [0.1, 0.15) is 39.0 Å². The minimum atomic E-state index is 0.180. The van der Waals surface area contributed by atoms with Crippen LogP contribution in [0.2, 0.25) is 0 Å². The Balaban J connectivity index is 3.02. The summed E-state index contributed by atoms with van der Waals surface area (Å²) >= 11 is 1.59. The van der Waals surface area contributed by atoms with E-state index >= 15 is 0 Å². The fourth-order valence-corrected chi connectivity index (χ4v) is 2.10. The van der Waals surface area contributed by atoms with Gasteiger partial charge in [0.2, 0.25) is 0 Å². The van der Waals surface area contributed by atoms with Crippen LogP contribution in [-0.4, -0.2) is 4.57 Å². The maximum atomic E-state index is 7.76. The third-order valence-electron chi connectivity index (χ3n) is 1.94. The Morgan fingerprint density at radius 2 is 2.08 bits per heavy atom. The number of hydrogen-bond donors (Lipinski definition) is 1. The van der Waals surface area contributed by atoms with Gasteiger partial charge in [0, 0.05) is 17.6 Å². The van der Waals surface area contributed by atoms with Gasteiger partial charge in [-0.2, -0.15) is 0 Å². The maximum absolute atomic E-state index is 7.76. The first-order valence-corrected chi connectivity index (χ1v) is 5.52. The summed E-state index contributed by atoms with van der Waals surface area (Å²) in [6.07, 6.45) is 3.22. The molecular formula is C10H18N2S. The average Bonchev–Trinajstić information content (AvgIpc) is 2.32. The topological polar surface area (TPSA) is 28.8 Å². The molecule has 0 saturated heterocycles. The van der Waals surface area contributed by atoms with Gasteiger partial charge in [0.25, 0.3) is 0 Å². The number of hydrogen-bond acceptors (Lipinski definition) is 2. The first kappa shape index (κ1) is 10.5. The highest BCUT2D eigenvalue weighted by atomic mass is 32.1. The van der Waals surface area contributed by atoms with Gasteiger partial charge < -0.3 is 4.57 Å². The molecule has 74 valence electrons.